The van der Waals surface area contributed by atoms with Crippen LogP contribution in [-0.2, 0) is 0 Å². The summed E-state index contributed by atoms with van der Waals surface area (Å²) in [7, 11) is 0. The molecule has 1 N–H and O–H groups in total. The van der Waals surface area contributed by atoms with Crippen molar-refractivity contribution in [2.45, 2.75) is 20.3 Å². The van der Waals surface area contributed by atoms with Crippen molar-refractivity contribution in [2.24, 2.45) is 0 Å². The Morgan fingerprint density at radius 1 is 1.28 bits per heavy atom. The van der Waals surface area contributed by atoms with Gasteiger partial charge in [0.15, 0.2) is 0 Å². The second-order valence-electron chi connectivity index (χ2n) is 4.31. The molecule has 0 radical (unpaired) electrons. The minimum Gasteiger partial charge on any atom is -0.384 e. The van der Waals surface area contributed by atoms with Crippen molar-refractivity contribution in [2.75, 3.05) is 23.4 Å². The van der Waals surface area contributed by atoms with Gasteiger partial charge in [0.05, 0.1) is 5.52 Å². The Kier molecular flexibility index (Phi) is 4.88. The Balaban J connectivity index is 2.07. The van der Waals surface area contributed by atoms with Crippen LogP contribution in [0.2, 0.25) is 0 Å². The number of aryl methyl sites for hydroxylation is 1. The normalized spacial score (nSPS) is 10.8. The second kappa shape index (κ2) is 6.64. The maximum Gasteiger partial charge on any atom is 0.0751 e. The van der Waals surface area contributed by atoms with E-state index in [4.69, 9.17) is 0 Å². The van der Waals surface area contributed by atoms with E-state index in [1.807, 2.05) is 24.0 Å². The van der Waals surface area contributed by atoms with Crippen molar-refractivity contribution < 1.29 is 0 Å². The first-order valence-corrected chi connectivity index (χ1v) is 7.64. The molecule has 3 heteroatoms. The summed E-state index contributed by atoms with van der Waals surface area (Å²) in [6.07, 6.45) is 3.06. The summed E-state index contributed by atoms with van der Waals surface area (Å²) in [5.74, 6) is 2.43. The van der Waals surface area contributed by atoms with E-state index in [2.05, 4.69) is 42.3 Å². The van der Waals surface area contributed by atoms with Crippen LogP contribution < -0.4 is 5.32 Å². The maximum atomic E-state index is 4.45. The Morgan fingerprint density at radius 2 is 2.17 bits per heavy atom. The number of rotatable bonds is 6. The lowest BCUT2D eigenvalue weighted by Gasteiger charge is -2.10. The van der Waals surface area contributed by atoms with Gasteiger partial charge in [-0.2, -0.15) is 11.8 Å². The summed E-state index contributed by atoms with van der Waals surface area (Å²) in [5.41, 5.74) is 3.54. The number of anilines is 1. The Morgan fingerprint density at radius 3 is 3.00 bits per heavy atom. The molecule has 0 saturated heterocycles. The molecule has 2 rings (SSSR count). The molecule has 0 unspecified atom stereocenters. The highest BCUT2D eigenvalue weighted by atomic mass is 32.2. The fourth-order valence-electron chi connectivity index (χ4n) is 2.01. The molecule has 0 fully saturated rings. The molecule has 0 amide bonds. The van der Waals surface area contributed by atoms with Gasteiger partial charge < -0.3 is 5.32 Å². The summed E-state index contributed by atoms with van der Waals surface area (Å²) in [4.78, 5) is 4.45. The molecule has 18 heavy (non-hydrogen) atoms. The smallest absolute Gasteiger partial charge is 0.0751 e. The molecule has 1 heterocycles. The van der Waals surface area contributed by atoms with Crippen LogP contribution in [0.1, 0.15) is 18.9 Å². The SMILES string of the molecule is CCSCCCNc1ccc(C)c2ncccc12. The summed E-state index contributed by atoms with van der Waals surface area (Å²) in [6, 6.07) is 8.43. The van der Waals surface area contributed by atoms with Crippen molar-refractivity contribution >= 4 is 28.4 Å². The van der Waals surface area contributed by atoms with E-state index in [9.17, 15) is 0 Å². The molecule has 0 aliphatic heterocycles. The standard InChI is InChI=1S/C15H20N2S/c1-3-18-11-5-10-16-14-8-7-12(2)15-13(14)6-4-9-17-15/h4,6-9,16H,3,5,10-11H2,1-2H3. The molecular formula is C15H20N2S. The van der Waals surface area contributed by atoms with Gasteiger partial charge in [-0.3, -0.25) is 4.98 Å². The highest BCUT2D eigenvalue weighted by Gasteiger charge is 2.03. The molecule has 0 atom stereocenters. The van der Waals surface area contributed by atoms with Crippen LogP contribution in [-0.4, -0.2) is 23.0 Å². The number of thioether (sulfide) groups is 1. The third kappa shape index (κ3) is 3.16. The number of aromatic nitrogens is 1. The molecular weight excluding hydrogens is 240 g/mol. The van der Waals surface area contributed by atoms with Crippen LogP contribution in [0.5, 0.6) is 0 Å². The minimum absolute atomic E-state index is 1.03. The van der Waals surface area contributed by atoms with E-state index >= 15 is 0 Å². The lowest BCUT2D eigenvalue weighted by molar-refractivity contribution is 0.993. The van der Waals surface area contributed by atoms with Crippen LogP contribution in [0.15, 0.2) is 30.5 Å². The molecule has 0 saturated carbocycles. The number of benzene rings is 1. The first kappa shape index (κ1) is 13.2. The number of nitrogens with zero attached hydrogens (tertiary/aromatic N) is 1. The molecule has 0 bridgehead atoms. The average Bonchev–Trinajstić information content (AvgIpc) is 2.41. The van der Waals surface area contributed by atoms with Crippen LogP contribution in [0.25, 0.3) is 10.9 Å². The van der Waals surface area contributed by atoms with Gasteiger partial charge in [0, 0.05) is 23.8 Å². The van der Waals surface area contributed by atoms with E-state index in [1.165, 1.54) is 34.6 Å². The number of pyridine rings is 1. The first-order chi connectivity index (χ1) is 8.83. The molecule has 0 aliphatic carbocycles. The largest absolute Gasteiger partial charge is 0.384 e. The monoisotopic (exact) mass is 260 g/mol. The van der Waals surface area contributed by atoms with E-state index < -0.39 is 0 Å². The molecule has 96 valence electrons. The van der Waals surface area contributed by atoms with Crippen molar-refractivity contribution in [3.8, 4) is 0 Å². The first-order valence-electron chi connectivity index (χ1n) is 6.49. The third-order valence-corrected chi connectivity index (χ3v) is 3.94. The fourth-order valence-corrected chi connectivity index (χ4v) is 2.65. The zero-order valence-electron chi connectivity index (χ0n) is 11.1. The third-order valence-electron chi connectivity index (χ3n) is 2.96. The lowest BCUT2D eigenvalue weighted by Crippen LogP contribution is -2.03. The van der Waals surface area contributed by atoms with Gasteiger partial charge in [-0.15, -0.1) is 0 Å². The molecule has 2 aromatic rings. The number of fused-ring (bicyclic) bond motifs is 1. The molecule has 0 aliphatic rings. The lowest BCUT2D eigenvalue weighted by atomic mass is 10.1. The number of nitrogens with one attached hydrogen (secondary N) is 1. The van der Waals surface area contributed by atoms with Crippen LogP contribution >= 0.6 is 11.8 Å². The molecule has 1 aromatic heterocycles. The Hall–Kier alpha value is -1.22. The van der Waals surface area contributed by atoms with Gasteiger partial charge in [0.1, 0.15) is 0 Å². The van der Waals surface area contributed by atoms with Crippen molar-refractivity contribution in [1.82, 2.24) is 4.98 Å². The van der Waals surface area contributed by atoms with Gasteiger partial charge in [-0.05, 0) is 48.6 Å². The topological polar surface area (TPSA) is 24.9 Å². The van der Waals surface area contributed by atoms with Crippen LogP contribution in [0, 0.1) is 6.92 Å². The minimum atomic E-state index is 1.03. The maximum absolute atomic E-state index is 4.45. The predicted octanol–water partition coefficient (Wildman–Crippen LogP) is 4.10. The van der Waals surface area contributed by atoms with Gasteiger partial charge in [-0.1, -0.05) is 13.0 Å². The van der Waals surface area contributed by atoms with E-state index in [0.717, 1.165) is 12.1 Å². The second-order valence-corrected chi connectivity index (χ2v) is 5.70. The summed E-state index contributed by atoms with van der Waals surface area (Å²) in [6.45, 7) is 5.34. The van der Waals surface area contributed by atoms with Gasteiger partial charge in [0.25, 0.3) is 0 Å². The van der Waals surface area contributed by atoms with Gasteiger partial charge in [-0.25, -0.2) is 0 Å². The van der Waals surface area contributed by atoms with E-state index in [0.29, 0.717) is 0 Å². The van der Waals surface area contributed by atoms with E-state index in [-0.39, 0.29) is 0 Å². The molecule has 1 aromatic carbocycles. The van der Waals surface area contributed by atoms with Crippen molar-refractivity contribution in [3.63, 3.8) is 0 Å². The van der Waals surface area contributed by atoms with Crippen molar-refractivity contribution in [3.05, 3.63) is 36.0 Å². The number of hydrogen-bond acceptors (Lipinski definition) is 3. The zero-order valence-corrected chi connectivity index (χ0v) is 11.9. The molecule has 0 spiro atoms. The van der Waals surface area contributed by atoms with Gasteiger partial charge >= 0.3 is 0 Å². The fraction of sp³-hybridized carbons (Fsp3) is 0.400. The summed E-state index contributed by atoms with van der Waals surface area (Å²) >= 11 is 2.00. The van der Waals surface area contributed by atoms with Crippen LogP contribution in [0.4, 0.5) is 5.69 Å². The highest BCUT2D eigenvalue weighted by molar-refractivity contribution is 7.99. The number of hydrogen-bond donors (Lipinski definition) is 1. The quantitative estimate of drug-likeness (QED) is 0.792. The van der Waals surface area contributed by atoms with Crippen LogP contribution in [0.3, 0.4) is 0 Å². The average molecular weight is 260 g/mol. The predicted molar refractivity (Wildman–Crippen MR) is 82.6 cm³/mol. The Bertz CT molecular complexity index is 511. The van der Waals surface area contributed by atoms with Crippen molar-refractivity contribution in [1.29, 1.82) is 0 Å². The zero-order chi connectivity index (χ0) is 12.8. The highest BCUT2D eigenvalue weighted by Crippen LogP contribution is 2.24. The van der Waals surface area contributed by atoms with Gasteiger partial charge in [0.2, 0.25) is 0 Å². The molecule has 2 nitrogen and oxygen atoms in total. The summed E-state index contributed by atoms with van der Waals surface area (Å²) in [5, 5.41) is 4.74. The Labute approximate surface area is 113 Å². The van der Waals surface area contributed by atoms with E-state index in [1.54, 1.807) is 0 Å². The summed E-state index contributed by atoms with van der Waals surface area (Å²) < 4.78 is 0.